The fourth-order valence-electron chi connectivity index (χ4n) is 5.53. The van der Waals surface area contributed by atoms with Crippen LogP contribution in [0.4, 0.5) is 5.69 Å². The predicted molar refractivity (Wildman–Crippen MR) is 123 cm³/mol. The maximum Gasteiger partial charge on any atom is 0.242 e. The molecule has 0 aliphatic heterocycles. The lowest BCUT2D eigenvalue weighted by Gasteiger charge is -2.33. The Morgan fingerprint density at radius 2 is 1.55 bits per heavy atom. The van der Waals surface area contributed by atoms with Gasteiger partial charge >= 0.3 is 0 Å². The average Bonchev–Trinajstić information content (AvgIpc) is 3.38. The molecule has 3 N–H and O–H groups in total. The molecule has 0 heterocycles. The Morgan fingerprint density at radius 1 is 1.00 bits per heavy atom. The van der Waals surface area contributed by atoms with Gasteiger partial charge in [-0.05, 0) is 59.8 Å². The van der Waals surface area contributed by atoms with Crippen molar-refractivity contribution >= 4 is 39.3 Å². The number of hydrogen-bond acceptors (Lipinski definition) is 3. The quantitative estimate of drug-likeness (QED) is 0.555. The van der Waals surface area contributed by atoms with Crippen molar-refractivity contribution in [3.63, 3.8) is 0 Å². The van der Waals surface area contributed by atoms with Crippen LogP contribution in [0.1, 0.15) is 33.6 Å². The van der Waals surface area contributed by atoms with Gasteiger partial charge in [0.2, 0.25) is 17.7 Å². The molecule has 3 amide bonds. The highest BCUT2D eigenvalue weighted by Crippen LogP contribution is 2.72. The van der Waals surface area contributed by atoms with Crippen molar-refractivity contribution in [3.8, 4) is 0 Å². The summed E-state index contributed by atoms with van der Waals surface area (Å²) in [6.07, 6.45) is 6.34. The maximum atomic E-state index is 13.5. The number of carbonyl (C=O) groups is 3. The van der Waals surface area contributed by atoms with Gasteiger partial charge in [0, 0.05) is 17.2 Å². The highest BCUT2D eigenvalue weighted by atomic mass is 79.9. The fraction of sp³-hybridized carbons (Fsp3) is 0.542. The third-order valence-electron chi connectivity index (χ3n) is 7.22. The van der Waals surface area contributed by atoms with Crippen molar-refractivity contribution in [2.45, 2.75) is 39.7 Å². The molecule has 31 heavy (non-hydrogen) atoms. The molecule has 0 radical (unpaired) electrons. The first-order chi connectivity index (χ1) is 14.6. The molecule has 166 valence electrons. The molecule has 4 rings (SSSR count). The molecule has 1 aromatic carbocycles. The van der Waals surface area contributed by atoms with Crippen LogP contribution < -0.4 is 16.0 Å². The summed E-state index contributed by atoms with van der Waals surface area (Å²) in [6, 6.07) is 6.77. The third kappa shape index (κ3) is 3.81. The van der Waals surface area contributed by atoms with Gasteiger partial charge in [-0.25, -0.2) is 0 Å². The third-order valence-corrected chi connectivity index (χ3v) is 7.75. The van der Waals surface area contributed by atoms with E-state index in [2.05, 4.69) is 44.0 Å². The van der Waals surface area contributed by atoms with Crippen molar-refractivity contribution in [1.82, 2.24) is 10.6 Å². The Balaban J connectivity index is 1.59. The van der Waals surface area contributed by atoms with Crippen LogP contribution in [0.5, 0.6) is 0 Å². The number of amides is 3. The number of halogens is 1. The predicted octanol–water partition coefficient (Wildman–Crippen LogP) is 3.49. The first-order valence-corrected chi connectivity index (χ1v) is 11.6. The van der Waals surface area contributed by atoms with Gasteiger partial charge in [-0.3, -0.25) is 14.4 Å². The van der Waals surface area contributed by atoms with Crippen LogP contribution in [-0.2, 0) is 14.4 Å². The maximum absolute atomic E-state index is 13.5. The second-order valence-electron chi connectivity index (χ2n) is 10.1. The van der Waals surface area contributed by atoms with Crippen LogP contribution in [0.2, 0.25) is 0 Å². The molecule has 2 saturated carbocycles. The molecule has 0 saturated heterocycles. The molecule has 7 heteroatoms. The van der Waals surface area contributed by atoms with Gasteiger partial charge in [-0.15, -0.1) is 0 Å². The minimum atomic E-state index is -0.668. The first-order valence-electron chi connectivity index (χ1n) is 10.9. The van der Waals surface area contributed by atoms with Gasteiger partial charge in [-0.1, -0.05) is 48.9 Å². The summed E-state index contributed by atoms with van der Waals surface area (Å²) in [5, 5.41) is 8.65. The Bertz CT molecular complexity index is 930. The molecule has 6 nitrogen and oxygen atoms in total. The Hall–Kier alpha value is -2.15. The molecule has 3 aliphatic rings. The lowest BCUT2D eigenvalue weighted by atomic mass is 9.80. The van der Waals surface area contributed by atoms with Gasteiger partial charge in [-0.2, -0.15) is 0 Å². The number of hydrogen-bond donors (Lipinski definition) is 3. The summed E-state index contributed by atoms with van der Waals surface area (Å²) in [6.45, 7) is 5.77. The van der Waals surface area contributed by atoms with Crippen LogP contribution in [0, 0.1) is 34.5 Å². The highest BCUT2D eigenvalue weighted by molar-refractivity contribution is 9.10. The molecule has 5 atom stereocenters. The number of likely N-dealkylation sites (N-methyl/N-ethyl adjacent to an activating group) is 1. The molecule has 0 unspecified atom stereocenters. The van der Waals surface area contributed by atoms with E-state index in [0.29, 0.717) is 5.69 Å². The number of rotatable bonds is 5. The van der Waals surface area contributed by atoms with E-state index < -0.39 is 23.3 Å². The molecule has 2 fully saturated rings. The second kappa shape index (κ2) is 7.76. The fourth-order valence-corrected chi connectivity index (χ4v) is 5.79. The summed E-state index contributed by atoms with van der Waals surface area (Å²) >= 11 is 3.41. The van der Waals surface area contributed by atoms with Crippen molar-refractivity contribution in [2.24, 2.45) is 34.5 Å². The van der Waals surface area contributed by atoms with Gasteiger partial charge in [0.05, 0.1) is 11.8 Å². The van der Waals surface area contributed by atoms with Crippen molar-refractivity contribution in [2.75, 3.05) is 12.4 Å². The summed E-state index contributed by atoms with van der Waals surface area (Å²) in [4.78, 5) is 39.4. The van der Waals surface area contributed by atoms with Gasteiger partial charge in [0.1, 0.15) is 6.04 Å². The zero-order valence-electron chi connectivity index (χ0n) is 18.4. The van der Waals surface area contributed by atoms with E-state index in [1.54, 1.807) is 7.05 Å². The van der Waals surface area contributed by atoms with E-state index in [9.17, 15) is 14.4 Å². The largest absolute Gasteiger partial charge is 0.357 e. The van der Waals surface area contributed by atoms with E-state index in [-0.39, 0.29) is 35.0 Å². The van der Waals surface area contributed by atoms with Crippen molar-refractivity contribution in [3.05, 3.63) is 40.9 Å². The van der Waals surface area contributed by atoms with Gasteiger partial charge in [0.25, 0.3) is 0 Å². The molecule has 3 aliphatic carbocycles. The van der Waals surface area contributed by atoms with Crippen LogP contribution in [0.3, 0.4) is 0 Å². The van der Waals surface area contributed by atoms with Crippen molar-refractivity contribution in [1.29, 1.82) is 0 Å². The normalized spacial score (nSPS) is 28.3. The van der Waals surface area contributed by atoms with Crippen LogP contribution in [-0.4, -0.2) is 30.8 Å². The minimum Gasteiger partial charge on any atom is -0.357 e. The first kappa shape index (κ1) is 22.1. The molecular weight excluding hydrogens is 458 g/mol. The van der Waals surface area contributed by atoms with E-state index >= 15 is 0 Å². The number of nitrogens with one attached hydrogen (secondary N) is 3. The zero-order valence-corrected chi connectivity index (χ0v) is 20.0. The standard InChI is InChI=1S/C24H30BrN3O3/c1-23(2,3)19(22(31)26-4)28-21(30)18-16-10-9-15(24(16)11-12-24)17(18)20(29)27-14-7-5-13(25)6-8-14/h5-10,15-19H,11-12H2,1-4H3,(H,26,31)(H,27,29)(H,28,30)/t15-,16+,17+,18+,19-/m0/s1. The molecule has 2 bridgehead atoms. The van der Waals surface area contributed by atoms with E-state index in [4.69, 9.17) is 0 Å². The Kier molecular flexibility index (Phi) is 5.53. The van der Waals surface area contributed by atoms with E-state index in [1.165, 1.54) is 0 Å². The number of allylic oxidation sites excluding steroid dienone is 2. The number of anilines is 1. The summed E-state index contributed by atoms with van der Waals surface area (Å²) in [7, 11) is 1.57. The topological polar surface area (TPSA) is 87.3 Å². The summed E-state index contributed by atoms with van der Waals surface area (Å²) in [5.74, 6) is -1.36. The monoisotopic (exact) mass is 487 g/mol. The lowest BCUT2D eigenvalue weighted by molar-refractivity contribution is -0.137. The molecule has 1 spiro atoms. The summed E-state index contributed by atoms with van der Waals surface area (Å²) in [5.41, 5.74) is 0.297. The van der Waals surface area contributed by atoms with Crippen LogP contribution in [0.25, 0.3) is 0 Å². The smallest absolute Gasteiger partial charge is 0.242 e. The lowest BCUT2D eigenvalue weighted by Crippen LogP contribution is -2.55. The molecule has 0 aromatic heterocycles. The van der Waals surface area contributed by atoms with Crippen LogP contribution in [0.15, 0.2) is 40.9 Å². The second-order valence-corrected chi connectivity index (χ2v) is 11.1. The van der Waals surface area contributed by atoms with Gasteiger partial charge in [0.15, 0.2) is 0 Å². The zero-order chi connectivity index (χ0) is 22.6. The number of benzene rings is 1. The van der Waals surface area contributed by atoms with Crippen LogP contribution >= 0.6 is 15.9 Å². The Morgan fingerprint density at radius 3 is 2.03 bits per heavy atom. The minimum absolute atomic E-state index is 0.0357. The number of carbonyl (C=O) groups excluding carboxylic acids is 3. The molecule has 1 aromatic rings. The highest BCUT2D eigenvalue weighted by Gasteiger charge is 2.70. The summed E-state index contributed by atoms with van der Waals surface area (Å²) < 4.78 is 0.935. The average molecular weight is 488 g/mol. The Labute approximate surface area is 191 Å². The van der Waals surface area contributed by atoms with Gasteiger partial charge < -0.3 is 16.0 Å². The molecular formula is C24H30BrN3O3. The van der Waals surface area contributed by atoms with E-state index in [0.717, 1.165) is 17.3 Å². The van der Waals surface area contributed by atoms with Crippen molar-refractivity contribution < 1.29 is 14.4 Å². The SMILES string of the molecule is CNC(=O)[C@H](NC(=O)[C@H]1[C@H](C(=O)Nc2ccc(Br)cc2)[C@@H]2C=C[C@H]1C21CC1)C(C)(C)C. The van der Waals surface area contributed by atoms with E-state index in [1.807, 2.05) is 45.0 Å².